The Hall–Kier alpha value is -5.93. The average Bonchev–Trinajstić information content (AvgIpc) is 3.79. The number of para-hydroxylation sites is 2. The maximum Gasteiger partial charge on any atom is 0.404 e. The van der Waals surface area contributed by atoms with Gasteiger partial charge in [-0.3, -0.25) is 24.1 Å². The fourth-order valence-electron chi connectivity index (χ4n) is 11.4. The molecule has 4 atom stereocenters. The molecule has 6 heterocycles. The molecule has 2 saturated heterocycles. The molecular formula is C55H70F3N7O5. The highest BCUT2D eigenvalue weighted by Gasteiger charge is 2.46. The number of piperidine rings is 2. The summed E-state index contributed by atoms with van der Waals surface area (Å²) in [6, 6.07) is 18.0. The first-order chi connectivity index (χ1) is 33.2. The molecule has 0 aliphatic carbocycles. The van der Waals surface area contributed by atoms with E-state index in [9.17, 15) is 32.3 Å². The molecule has 2 fully saturated rings. The number of hydrogen-bond acceptors (Lipinski definition) is 7. The van der Waals surface area contributed by atoms with E-state index in [0.717, 1.165) is 64.1 Å². The van der Waals surface area contributed by atoms with E-state index in [0.29, 0.717) is 58.6 Å². The molecule has 2 aromatic carbocycles. The third-order valence-electron chi connectivity index (χ3n) is 15.3. The van der Waals surface area contributed by atoms with Crippen molar-refractivity contribution < 1.29 is 27.5 Å². The van der Waals surface area contributed by atoms with Gasteiger partial charge in [0.15, 0.2) is 5.78 Å². The molecule has 4 aromatic heterocycles. The molecular weight excluding hydrogens is 896 g/mol. The number of hydrogen-bond donors (Lipinski definition) is 3. The van der Waals surface area contributed by atoms with Gasteiger partial charge in [-0.1, -0.05) is 43.3 Å². The van der Waals surface area contributed by atoms with Gasteiger partial charge in [0, 0.05) is 80.8 Å². The molecule has 1 amide bonds. The molecule has 15 heteroatoms. The van der Waals surface area contributed by atoms with Crippen molar-refractivity contribution in [2.24, 2.45) is 11.8 Å². The van der Waals surface area contributed by atoms with Crippen LogP contribution in [-0.2, 0) is 13.0 Å². The zero-order valence-electron chi connectivity index (χ0n) is 42.4. The van der Waals surface area contributed by atoms with Crippen molar-refractivity contribution in [1.29, 1.82) is 0 Å². The van der Waals surface area contributed by atoms with Crippen molar-refractivity contribution in [2.75, 3.05) is 40.3 Å². The molecule has 2 aliphatic rings. The van der Waals surface area contributed by atoms with Crippen molar-refractivity contribution >= 4 is 33.5 Å². The molecule has 70 heavy (non-hydrogen) atoms. The number of ketones is 1. The number of nitrogens with one attached hydrogen (secondary N) is 3. The number of halogens is 3. The minimum Gasteiger partial charge on any atom is -0.496 e. The topological polar surface area (TPSA) is 137 Å². The number of amides is 1. The number of aromatic amines is 2. The molecule has 376 valence electrons. The van der Waals surface area contributed by atoms with E-state index in [2.05, 4.69) is 51.6 Å². The Labute approximate surface area is 408 Å². The fraction of sp³-hybridized carbons (Fsp3) is 0.491. The van der Waals surface area contributed by atoms with Gasteiger partial charge in [-0.05, 0) is 155 Å². The zero-order chi connectivity index (χ0) is 50.8. The van der Waals surface area contributed by atoms with Gasteiger partial charge >= 0.3 is 6.18 Å². The molecule has 2 aliphatic heterocycles. The zero-order valence-corrected chi connectivity index (χ0v) is 42.4. The Morgan fingerprint density at radius 1 is 0.771 bits per heavy atom. The number of pyridine rings is 2. The van der Waals surface area contributed by atoms with Crippen LogP contribution in [0.15, 0.2) is 70.3 Å². The third-order valence-corrected chi connectivity index (χ3v) is 15.3. The van der Waals surface area contributed by atoms with Gasteiger partial charge in [-0.15, -0.1) is 0 Å². The van der Waals surface area contributed by atoms with Crippen molar-refractivity contribution in [3.05, 3.63) is 132 Å². The first-order valence-electron chi connectivity index (χ1n) is 24.7. The van der Waals surface area contributed by atoms with Gasteiger partial charge in [0.25, 0.3) is 17.0 Å². The quantitative estimate of drug-likeness (QED) is 0.0981. The van der Waals surface area contributed by atoms with Gasteiger partial charge in [-0.2, -0.15) is 13.2 Å². The summed E-state index contributed by atoms with van der Waals surface area (Å²) < 4.78 is 50.8. The van der Waals surface area contributed by atoms with E-state index in [1.54, 1.807) is 13.0 Å². The maximum absolute atomic E-state index is 13.7. The number of carbonyl (C=O) groups is 2. The number of ether oxygens (including phenoxy) is 1. The lowest BCUT2D eigenvalue weighted by molar-refractivity contribution is -0.192. The van der Waals surface area contributed by atoms with Gasteiger partial charge in [-0.25, -0.2) is 0 Å². The monoisotopic (exact) mass is 966 g/mol. The number of fused-ring (bicyclic) bond motifs is 2. The van der Waals surface area contributed by atoms with E-state index in [-0.39, 0.29) is 60.6 Å². The first-order valence-corrected chi connectivity index (χ1v) is 24.7. The first kappa shape index (κ1) is 51.9. The van der Waals surface area contributed by atoms with Crippen molar-refractivity contribution in [2.45, 2.75) is 125 Å². The predicted molar refractivity (Wildman–Crippen MR) is 272 cm³/mol. The normalized spacial score (nSPS) is 18.1. The second-order valence-electron chi connectivity index (χ2n) is 19.6. The molecule has 1 unspecified atom stereocenters. The van der Waals surface area contributed by atoms with Crippen LogP contribution in [0.3, 0.4) is 0 Å². The van der Waals surface area contributed by atoms with E-state index >= 15 is 0 Å². The summed E-state index contributed by atoms with van der Waals surface area (Å²) in [5.74, 6) is 0.610. The lowest BCUT2D eigenvalue weighted by Gasteiger charge is -2.40. The molecule has 0 saturated carbocycles. The summed E-state index contributed by atoms with van der Waals surface area (Å²) in [7, 11) is 3.02. The summed E-state index contributed by atoms with van der Waals surface area (Å²) in [5, 5.41) is 4.77. The average molecular weight is 966 g/mol. The second kappa shape index (κ2) is 21.6. The number of aryl methyl sites for hydroxylation is 3. The predicted octanol–water partition coefficient (Wildman–Crippen LogP) is 10.1. The van der Waals surface area contributed by atoms with Crippen molar-refractivity contribution in [3.8, 4) is 5.75 Å². The highest BCUT2D eigenvalue weighted by atomic mass is 19.4. The lowest BCUT2D eigenvalue weighted by atomic mass is 9.85. The molecule has 8 rings (SSSR count). The number of methoxy groups -OCH3 is 1. The summed E-state index contributed by atoms with van der Waals surface area (Å²) in [4.78, 5) is 61.3. The van der Waals surface area contributed by atoms with Crippen LogP contribution in [0.5, 0.6) is 5.75 Å². The number of Topliss-reactive ketones (excluding diaryl/α,β-unsaturated/α-hetero) is 1. The Balaban J connectivity index is 0.000000208. The molecule has 12 nitrogen and oxygen atoms in total. The van der Waals surface area contributed by atoms with E-state index < -0.39 is 12.2 Å². The number of likely N-dealkylation sites (tertiary alicyclic amines) is 2. The SMILES string of the molecule is CCN1CCC(C(C)n2c(C)c(C(=O)NCc3c(C)cc(C)[nH]c3=O)c3ccccc32)CC1.COc1cc(C)[nH]c(=O)c1CCC(=O)c1c(C)n([C@H](C)[C@@H]2CCN(C)[C@H](C(F)(F)F)C2)c2ccccc12. The summed E-state index contributed by atoms with van der Waals surface area (Å²) in [5.41, 5.74) is 7.94. The molecule has 6 aromatic rings. The highest BCUT2D eigenvalue weighted by Crippen LogP contribution is 2.41. The maximum atomic E-state index is 13.7. The Bertz CT molecular complexity index is 2970. The number of benzene rings is 2. The van der Waals surface area contributed by atoms with Gasteiger partial charge in [0.1, 0.15) is 11.8 Å². The molecule has 3 N–H and O–H groups in total. The van der Waals surface area contributed by atoms with E-state index in [1.807, 2.05) is 80.8 Å². The van der Waals surface area contributed by atoms with Crippen LogP contribution < -0.4 is 21.2 Å². The number of rotatable bonds is 13. The van der Waals surface area contributed by atoms with Crippen molar-refractivity contribution in [1.82, 2.24) is 34.2 Å². The minimum atomic E-state index is -4.28. The smallest absolute Gasteiger partial charge is 0.404 e. The Morgan fingerprint density at radius 2 is 1.30 bits per heavy atom. The number of nitrogens with zero attached hydrogens (tertiary/aromatic N) is 4. The van der Waals surface area contributed by atoms with Crippen LogP contribution in [0.25, 0.3) is 21.8 Å². The van der Waals surface area contributed by atoms with Crippen LogP contribution in [0.1, 0.15) is 125 Å². The molecule has 0 radical (unpaired) electrons. The van der Waals surface area contributed by atoms with Gasteiger partial charge in [0.2, 0.25) is 0 Å². The number of alkyl halides is 3. The van der Waals surface area contributed by atoms with Crippen LogP contribution in [0.2, 0.25) is 0 Å². The summed E-state index contributed by atoms with van der Waals surface area (Å²) >= 11 is 0. The highest BCUT2D eigenvalue weighted by molar-refractivity contribution is 6.10. The van der Waals surface area contributed by atoms with Crippen LogP contribution in [-0.4, -0.2) is 93.1 Å². The number of H-pyrrole nitrogens is 2. The number of aromatic nitrogens is 4. The van der Waals surface area contributed by atoms with Crippen LogP contribution in [0, 0.1) is 46.5 Å². The van der Waals surface area contributed by atoms with E-state index in [4.69, 9.17) is 4.74 Å². The molecule has 0 bridgehead atoms. The molecule has 0 spiro atoms. The third kappa shape index (κ3) is 10.7. The fourth-order valence-corrected chi connectivity index (χ4v) is 11.4. The Morgan fingerprint density at radius 3 is 1.87 bits per heavy atom. The van der Waals surface area contributed by atoms with Gasteiger partial charge < -0.3 is 34.1 Å². The number of carbonyl (C=O) groups excluding carboxylic acids is 2. The van der Waals surface area contributed by atoms with E-state index in [1.165, 1.54) is 31.9 Å². The summed E-state index contributed by atoms with van der Waals surface area (Å²) in [6.07, 6.45) is -0.931. The van der Waals surface area contributed by atoms with Crippen molar-refractivity contribution in [3.63, 3.8) is 0 Å². The van der Waals surface area contributed by atoms with Crippen LogP contribution >= 0.6 is 0 Å². The minimum absolute atomic E-state index is 0.0202. The van der Waals surface area contributed by atoms with Gasteiger partial charge in [0.05, 0.1) is 18.2 Å². The Kier molecular flexibility index (Phi) is 16.0. The lowest BCUT2D eigenvalue weighted by Crippen LogP contribution is -2.49. The second-order valence-corrected chi connectivity index (χ2v) is 19.6. The summed E-state index contributed by atoms with van der Waals surface area (Å²) in [6.45, 7) is 19.9. The van der Waals surface area contributed by atoms with Crippen LogP contribution in [0.4, 0.5) is 13.2 Å². The largest absolute Gasteiger partial charge is 0.496 e. The standard InChI is InChI=1S/C28H34F3N3O3.C27H36N4O2/c1-16-14-24(37-5)21(27(36)32-16)10-11-23(35)26-18(3)34(22-9-7-6-8-20(22)26)17(2)19-12-13-33(4)25(15-19)28(29,30)31;1-6-30-13-11-21(12-14-30)19(4)31-20(5)25(22-9-7-8-10-24(22)31)27(33)28-16-23-17(2)15-18(3)29-26(23)32/h6-9,14,17,19,25H,10-13,15H2,1-5H3,(H,32,36);7-10,15,19,21H,6,11-14,16H2,1-5H3,(H,28,33)(H,29,32)/t17-,19-,25+;/m1./s1.